The summed E-state index contributed by atoms with van der Waals surface area (Å²) in [4.78, 5) is 2.51. The lowest BCUT2D eigenvalue weighted by molar-refractivity contribution is 0.546. The van der Waals surface area contributed by atoms with Gasteiger partial charge in [-0.25, -0.2) is 0 Å². The molecule has 4 aromatic heterocycles. The fourth-order valence-corrected chi connectivity index (χ4v) is 18.8. The van der Waals surface area contributed by atoms with Gasteiger partial charge in [-0.05, 0) is 174 Å². The third-order valence-electron chi connectivity index (χ3n) is 21.1. The predicted octanol–water partition coefficient (Wildman–Crippen LogP) is 28.7. The molecule has 1 N–H and O–H groups in total. The van der Waals surface area contributed by atoms with Gasteiger partial charge < -0.3 is 19.1 Å². The van der Waals surface area contributed by atoms with Crippen molar-refractivity contribution in [1.29, 1.82) is 0 Å². The van der Waals surface area contributed by atoms with Crippen LogP contribution in [-0.4, -0.2) is 0 Å². The Morgan fingerprint density at radius 2 is 0.824 bits per heavy atom. The molecule has 0 saturated heterocycles. The average Bonchev–Trinajstić information content (AvgIpc) is 1.49. The molecule has 0 fully saturated rings. The van der Waals surface area contributed by atoms with Crippen LogP contribution in [0, 0.1) is 0 Å². The molecule has 0 saturated carbocycles. The van der Waals surface area contributed by atoms with E-state index in [0.717, 1.165) is 141 Å². The van der Waals surface area contributed by atoms with E-state index in [9.17, 15) is 0 Å². The number of benzene rings is 16. The molecule has 102 heavy (non-hydrogen) atoms. The molecule has 0 aliphatic heterocycles. The maximum Gasteiger partial charge on any atom is 0.145 e. The monoisotopic (exact) mass is 1340 g/mol. The Balaban J connectivity index is 0.732. The highest BCUT2D eigenvalue weighted by Gasteiger charge is 2.28. The maximum atomic E-state index is 7.39. The van der Waals surface area contributed by atoms with E-state index >= 15 is 0 Å². The Hall–Kier alpha value is -12.6. The highest BCUT2D eigenvalue weighted by atomic mass is 32.1. The number of nitrogens with zero attached hydrogens (tertiary/aromatic N) is 1. The predicted molar refractivity (Wildman–Crippen MR) is 436 cm³/mol. The van der Waals surface area contributed by atoms with Gasteiger partial charge >= 0.3 is 0 Å². The molecule has 1 aliphatic carbocycles. The van der Waals surface area contributed by atoms with Crippen LogP contribution in [0.3, 0.4) is 0 Å². The molecule has 21 rings (SSSR count). The number of para-hydroxylation sites is 3. The van der Waals surface area contributed by atoms with Crippen molar-refractivity contribution in [3.63, 3.8) is 0 Å². The molecular formula is C96H60N2O2S2. The molecule has 478 valence electrons. The molecule has 4 nitrogen and oxygen atoms in total. The summed E-state index contributed by atoms with van der Waals surface area (Å²) < 4.78 is 19.3. The number of fused-ring (bicyclic) bond motifs is 16. The van der Waals surface area contributed by atoms with Crippen molar-refractivity contribution in [1.82, 2.24) is 0 Å². The highest BCUT2D eigenvalue weighted by Crippen LogP contribution is 2.53. The second-order valence-electron chi connectivity index (χ2n) is 26.8. The minimum atomic E-state index is 0.817. The van der Waals surface area contributed by atoms with Crippen LogP contribution in [-0.2, 0) is 6.42 Å². The number of rotatable bonds is 11. The average molecular weight is 1340 g/mol. The molecule has 0 bridgehead atoms. The second kappa shape index (κ2) is 23.5. The number of allylic oxidation sites excluding steroid dienone is 1. The number of hydrogen-bond acceptors (Lipinski definition) is 6. The molecule has 6 heteroatoms. The van der Waals surface area contributed by atoms with Gasteiger partial charge in [-0.1, -0.05) is 243 Å². The number of anilines is 5. The standard InChI is InChI=1S/C96H60N2O2S2/c1-2-22-65-61(21-1)57-78(70-25-4-3-24-69(65)70)60-49-47-59(48-50-60)67-31-17-39-86-94(67)95-80(97-79-34-11-5-26-71(79)73-32-18-43-89-91(73)76-29-9-15-41-87(76)101-89)54-53-68(96(95)100-86)63-52-46-58-45-51-62(55-64(58)56-63)66-23-6-12-35-81(66)98(83-37-20-40-85-93(83)75-28-8-14-38-84(75)99-85)82-36-13-7-27-72(82)74-33-19-44-90-92(74)77-30-10-16-42-88(77)102-90/h1-13,15-37,39-57,97H,14,38H2. The zero-order valence-electron chi connectivity index (χ0n) is 55.2. The van der Waals surface area contributed by atoms with E-state index in [2.05, 4.69) is 344 Å². The summed E-state index contributed by atoms with van der Waals surface area (Å²) in [6.45, 7) is 0. The van der Waals surface area contributed by atoms with Crippen molar-refractivity contribution in [2.24, 2.45) is 0 Å². The molecule has 0 spiro atoms. The topological polar surface area (TPSA) is 41.6 Å². The van der Waals surface area contributed by atoms with E-state index in [-0.39, 0.29) is 0 Å². The lowest BCUT2D eigenvalue weighted by Crippen LogP contribution is -2.13. The lowest BCUT2D eigenvalue weighted by Gasteiger charge is -2.30. The number of nitrogens with one attached hydrogen (secondary N) is 1. The first-order chi connectivity index (χ1) is 50.6. The number of furan rings is 2. The van der Waals surface area contributed by atoms with Gasteiger partial charge in [0.2, 0.25) is 0 Å². The minimum absolute atomic E-state index is 0.817. The van der Waals surface area contributed by atoms with Gasteiger partial charge in [-0.3, -0.25) is 0 Å². The number of hydrogen-bond donors (Lipinski definition) is 1. The van der Waals surface area contributed by atoms with Crippen molar-refractivity contribution in [2.75, 3.05) is 10.2 Å². The van der Waals surface area contributed by atoms with Gasteiger partial charge in [0.25, 0.3) is 0 Å². The smallest absolute Gasteiger partial charge is 0.145 e. The molecular weight excluding hydrogens is 1280 g/mol. The molecule has 4 heterocycles. The lowest BCUT2D eigenvalue weighted by atomic mass is 9.91. The summed E-state index contributed by atoms with van der Waals surface area (Å²) in [6, 6.07) is 118. The molecule has 16 aromatic carbocycles. The molecule has 0 amide bonds. The van der Waals surface area contributed by atoms with Crippen molar-refractivity contribution in [2.45, 2.75) is 12.8 Å². The van der Waals surface area contributed by atoms with E-state index in [1.807, 2.05) is 22.7 Å². The fourth-order valence-electron chi connectivity index (χ4n) is 16.5. The van der Waals surface area contributed by atoms with Crippen LogP contribution in [0.1, 0.15) is 17.7 Å². The van der Waals surface area contributed by atoms with Gasteiger partial charge in [0, 0.05) is 85.7 Å². The number of aryl methyl sites for hydroxylation is 1. The first-order valence-electron chi connectivity index (χ1n) is 35.0. The molecule has 0 atom stereocenters. The van der Waals surface area contributed by atoms with E-state index in [0.29, 0.717) is 0 Å². The van der Waals surface area contributed by atoms with E-state index in [1.54, 1.807) is 0 Å². The highest BCUT2D eigenvalue weighted by molar-refractivity contribution is 7.26. The Morgan fingerprint density at radius 3 is 1.57 bits per heavy atom. The van der Waals surface area contributed by atoms with Crippen molar-refractivity contribution in [3.05, 3.63) is 339 Å². The van der Waals surface area contributed by atoms with Gasteiger partial charge in [0.05, 0.1) is 33.5 Å². The van der Waals surface area contributed by atoms with Gasteiger partial charge in [0.15, 0.2) is 0 Å². The first kappa shape index (κ1) is 58.4. The van der Waals surface area contributed by atoms with E-state index < -0.39 is 0 Å². The maximum absolute atomic E-state index is 7.39. The van der Waals surface area contributed by atoms with Crippen molar-refractivity contribution < 1.29 is 8.83 Å². The van der Waals surface area contributed by atoms with Crippen LogP contribution in [0.2, 0.25) is 0 Å². The Bertz CT molecular complexity index is 6880. The summed E-state index contributed by atoms with van der Waals surface area (Å²) >= 11 is 3.70. The zero-order valence-corrected chi connectivity index (χ0v) is 56.9. The molecule has 0 radical (unpaired) electrons. The van der Waals surface area contributed by atoms with Crippen LogP contribution in [0.15, 0.2) is 336 Å². The quantitative estimate of drug-likeness (QED) is 0.131. The van der Waals surface area contributed by atoms with Crippen LogP contribution in [0.25, 0.3) is 178 Å². The summed E-state index contributed by atoms with van der Waals surface area (Å²) in [6.07, 6.45) is 6.38. The molecule has 1 aliphatic rings. The Labute approximate surface area is 596 Å². The van der Waals surface area contributed by atoms with Crippen molar-refractivity contribution in [3.8, 4) is 66.8 Å². The van der Waals surface area contributed by atoms with Crippen LogP contribution in [0.4, 0.5) is 28.4 Å². The first-order valence-corrected chi connectivity index (χ1v) is 36.6. The summed E-state index contributed by atoms with van der Waals surface area (Å²) in [5.41, 5.74) is 22.4. The normalized spacial score (nSPS) is 12.4. The van der Waals surface area contributed by atoms with Crippen LogP contribution < -0.4 is 10.2 Å². The Morgan fingerprint density at radius 1 is 0.294 bits per heavy atom. The van der Waals surface area contributed by atoms with Gasteiger partial charge in [0.1, 0.15) is 22.5 Å². The van der Waals surface area contributed by atoms with E-state index in [1.165, 1.54) is 84.1 Å². The summed E-state index contributed by atoms with van der Waals surface area (Å²) in [5, 5.41) is 19.6. The van der Waals surface area contributed by atoms with Crippen LogP contribution in [0.5, 0.6) is 0 Å². The SMILES string of the molecule is C1=Cc2c(oc3cccc(N(c4ccccc4-c4ccc5ccc(-c6ccc(Nc7ccccc7-c7cccc8sc9ccccc9c78)c7c6oc6cccc(-c8ccc(-c9cc%10ccccc%10c%10ccccc9%10)cc8)c67)cc5c4)c4ccccc4-c4cccc5sc6ccccc6c45)c23)CC1. The summed E-state index contributed by atoms with van der Waals surface area (Å²) in [5.74, 6) is 1.03. The fraction of sp³-hybridized carbons (Fsp3) is 0.0208. The van der Waals surface area contributed by atoms with E-state index in [4.69, 9.17) is 8.83 Å². The zero-order chi connectivity index (χ0) is 66.9. The summed E-state index contributed by atoms with van der Waals surface area (Å²) in [7, 11) is 0. The second-order valence-corrected chi connectivity index (χ2v) is 29.0. The third kappa shape index (κ3) is 9.34. The van der Waals surface area contributed by atoms with Crippen molar-refractivity contribution >= 4 is 163 Å². The van der Waals surface area contributed by atoms with Crippen LogP contribution >= 0.6 is 22.7 Å². The molecule has 0 unspecified atom stereocenters. The van der Waals surface area contributed by atoms with Gasteiger partial charge in [-0.15, -0.1) is 22.7 Å². The Kier molecular flexibility index (Phi) is 13.5. The van der Waals surface area contributed by atoms with Gasteiger partial charge in [-0.2, -0.15) is 0 Å². The third-order valence-corrected chi connectivity index (χ3v) is 23.4. The number of thiophene rings is 2. The molecule has 20 aromatic rings. The largest absolute Gasteiger partial charge is 0.460 e. The minimum Gasteiger partial charge on any atom is -0.460 e.